The van der Waals surface area contributed by atoms with Gasteiger partial charge in [0.15, 0.2) is 0 Å². The molecule has 1 N–H and O–H groups in total. The van der Waals surface area contributed by atoms with E-state index in [2.05, 4.69) is 34.6 Å². The molecular formula is C17H19N3O. The molecule has 0 saturated carbocycles. The smallest absolute Gasteiger partial charge is 0.242 e. The van der Waals surface area contributed by atoms with Crippen LogP contribution in [0.3, 0.4) is 0 Å². The van der Waals surface area contributed by atoms with E-state index in [-0.39, 0.29) is 0 Å². The zero-order valence-corrected chi connectivity index (χ0v) is 12.6. The lowest BCUT2D eigenvalue weighted by atomic mass is 10.1. The van der Waals surface area contributed by atoms with Crippen molar-refractivity contribution in [2.75, 3.05) is 7.05 Å². The van der Waals surface area contributed by atoms with Crippen LogP contribution in [0.15, 0.2) is 42.6 Å². The van der Waals surface area contributed by atoms with Crippen molar-refractivity contribution in [3.05, 3.63) is 59.4 Å². The fourth-order valence-corrected chi connectivity index (χ4v) is 2.37. The number of ether oxygens (including phenoxy) is 1. The van der Waals surface area contributed by atoms with Crippen LogP contribution in [0, 0.1) is 13.8 Å². The van der Waals surface area contributed by atoms with Crippen molar-refractivity contribution in [1.82, 2.24) is 14.7 Å². The second-order valence-electron chi connectivity index (χ2n) is 5.12. The van der Waals surface area contributed by atoms with Crippen molar-refractivity contribution in [3.8, 4) is 11.6 Å². The van der Waals surface area contributed by atoms with E-state index in [4.69, 9.17) is 4.74 Å². The van der Waals surface area contributed by atoms with Crippen molar-refractivity contribution in [2.45, 2.75) is 20.4 Å². The number of imidazole rings is 1. The molecule has 0 fully saturated rings. The van der Waals surface area contributed by atoms with E-state index in [0.717, 1.165) is 22.7 Å². The van der Waals surface area contributed by atoms with Crippen LogP contribution >= 0.6 is 0 Å². The third-order valence-corrected chi connectivity index (χ3v) is 3.70. The lowest BCUT2D eigenvalue weighted by Gasteiger charge is -2.10. The lowest BCUT2D eigenvalue weighted by molar-refractivity contribution is 0.453. The summed E-state index contributed by atoms with van der Waals surface area (Å²) in [5, 5.41) is 3.17. The Labute approximate surface area is 124 Å². The number of aryl methyl sites for hydroxylation is 1. The van der Waals surface area contributed by atoms with Crippen LogP contribution in [0.2, 0.25) is 0 Å². The zero-order chi connectivity index (χ0) is 14.8. The maximum absolute atomic E-state index is 6.09. The minimum Gasteiger partial charge on any atom is -0.437 e. The topological polar surface area (TPSA) is 38.6 Å². The van der Waals surface area contributed by atoms with Gasteiger partial charge in [-0.25, -0.2) is 0 Å². The van der Waals surface area contributed by atoms with Gasteiger partial charge in [-0.15, -0.1) is 0 Å². The molecule has 4 nitrogen and oxygen atoms in total. The molecule has 21 heavy (non-hydrogen) atoms. The van der Waals surface area contributed by atoms with Gasteiger partial charge in [-0.2, -0.15) is 4.98 Å². The molecule has 0 aliphatic rings. The predicted molar refractivity (Wildman–Crippen MR) is 83.9 cm³/mol. The van der Waals surface area contributed by atoms with E-state index in [9.17, 15) is 0 Å². The van der Waals surface area contributed by atoms with Gasteiger partial charge < -0.3 is 10.1 Å². The van der Waals surface area contributed by atoms with E-state index in [1.54, 1.807) is 0 Å². The molecule has 0 aliphatic carbocycles. The third-order valence-electron chi connectivity index (χ3n) is 3.70. The maximum atomic E-state index is 6.09. The Morgan fingerprint density at radius 2 is 2.00 bits per heavy atom. The number of aromatic nitrogens is 2. The fraction of sp³-hybridized carbons (Fsp3) is 0.235. The van der Waals surface area contributed by atoms with Crippen molar-refractivity contribution in [1.29, 1.82) is 0 Å². The minimum absolute atomic E-state index is 0.657. The number of nitrogens with zero attached hydrogens (tertiary/aromatic N) is 2. The summed E-state index contributed by atoms with van der Waals surface area (Å²) in [4.78, 5) is 4.60. The molecule has 0 saturated heterocycles. The summed E-state index contributed by atoms with van der Waals surface area (Å²) >= 11 is 0. The summed E-state index contributed by atoms with van der Waals surface area (Å²) in [6.07, 6.45) is 2.00. The lowest BCUT2D eigenvalue weighted by Crippen LogP contribution is -2.08. The number of rotatable bonds is 4. The molecule has 3 aromatic rings. The molecule has 0 unspecified atom stereocenters. The molecule has 0 radical (unpaired) electrons. The third kappa shape index (κ3) is 2.50. The molecule has 1 aromatic carbocycles. The van der Waals surface area contributed by atoms with Gasteiger partial charge in [0.25, 0.3) is 0 Å². The van der Waals surface area contributed by atoms with Gasteiger partial charge in [0, 0.05) is 12.7 Å². The van der Waals surface area contributed by atoms with E-state index < -0.39 is 0 Å². The molecule has 0 atom stereocenters. The first-order chi connectivity index (χ1) is 10.2. The summed E-state index contributed by atoms with van der Waals surface area (Å²) in [5.41, 5.74) is 4.27. The van der Waals surface area contributed by atoms with Gasteiger partial charge in [-0.05, 0) is 50.2 Å². The highest BCUT2D eigenvalue weighted by molar-refractivity contribution is 5.48. The molecular weight excluding hydrogens is 262 g/mol. The molecule has 2 heterocycles. The van der Waals surface area contributed by atoms with Crippen LogP contribution in [-0.4, -0.2) is 16.4 Å². The average Bonchev–Trinajstić information content (AvgIpc) is 2.82. The normalized spacial score (nSPS) is 11.0. The Bertz CT molecular complexity index is 777. The van der Waals surface area contributed by atoms with E-state index in [0.29, 0.717) is 12.4 Å². The Hall–Kier alpha value is -2.33. The first-order valence-electron chi connectivity index (χ1n) is 7.05. The minimum atomic E-state index is 0.657. The number of pyridine rings is 1. The number of nitrogens with one attached hydrogen (secondary N) is 1. The molecule has 0 amide bonds. The SMILES string of the molecule is CNCc1c(Oc2cccc(C)c2C)nc2ccccn12. The Balaban J connectivity index is 2.07. The summed E-state index contributed by atoms with van der Waals surface area (Å²) in [6, 6.07) is 12.0. The summed E-state index contributed by atoms with van der Waals surface area (Å²) in [5.74, 6) is 1.51. The molecule has 0 aliphatic heterocycles. The quantitative estimate of drug-likeness (QED) is 0.796. The highest BCUT2D eigenvalue weighted by atomic mass is 16.5. The van der Waals surface area contributed by atoms with Crippen molar-refractivity contribution in [2.24, 2.45) is 0 Å². The van der Waals surface area contributed by atoms with Crippen molar-refractivity contribution < 1.29 is 4.74 Å². The standard InChI is InChI=1S/C17H19N3O/c1-12-7-6-8-15(13(12)2)21-17-14(11-18-3)20-10-5-4-9-16(20)19-17/h4-10,18H,11H2,1-3H3. The summed E-state index contributed by atoms with van der Waals surface area (Å²) < 4.78 is 8.14. The average molecular weight is 281 g/mol. The second-order valence-corrected chi connectivity index (χ2v) is 5.12. The zero-order valence-electron chi connectivity index (χ0n) is 12.6. The van der Waals surface area contributed by atoms with Gasteiger partial charge in [-0.3, -0.25) is 4.40 Å². The Morgan fingerprint density at radius 1 is 1.14 bits per heavy atom. The first-order valence-corrected chi connectivity index (χ1v) is 7.05. The molecule has 3 rings (SSSR count). The molecule has 2 aromatic heterocycles. The van der Waals surface area contributed by atoms with Gasteiger partial charge in [0.2, 0.25) is 5.88 Å². The monoisotopic (exact) mass is 281 g/mol. The molecule has 0 spiro atoms. The first kappa shape index (κ1) is 13.6. The van der Waals surface area contributed by atoms with E-state index in [1.807, 2.05) is 43.6 Å². The van der Waals surface area contributed by atoms with E-state index >= 15 is 0 Å². The summed E-state index contributed by atoms with van der Waals surface area (Å²) in [6.45, 7) is 4.85. The van der Waals surface area contributed by atoms with Crippen LogP contribution in [0.1, 0.15) is 16.8 Å². The number of benzene rings is 1. The van der Waals surface area contributed by atoms with Crippen molar-refractivity contribution >= 4 is 5.65 Å². The number of hydrogen-bond acceptors (Lipinski definition) is 3. The van der Waals surface area contributed by atoms with E-state index in [1.165, 1.54) is 5.56 Å². The molecule has 0 bridgehead atoms. The summed E-state index contributed by atoms with van der Waals surface area (Å²) in [7, 11) is 1.92. The van der Waals surface area contributed by atoms with Crippen LogP contribution < -0.4 is 10.1 Å². The van der Waals surface area contributed by atoms with Gasteiger partial charge in [0.05, 0.1) is 0 Å². The number of hydrogen-bond donors (Lipinski definition) is 1. The fourth-order valence-electron chi connectivity index (χ4n) is 2.37. The van der Waals surface area contributed by atoms with Crippen molar-refractivity contribution in [3.63, 3.8) is 0 Å². The van der Waals surface area contributed by atoms with Crippen LogP contribution in [0.4, 0.5) is 0 Å². The highest BCUT2D eigenvalue weighted by Gasteiger charge is 2.14. The van der Waals surface area contributed by atoms with Gasteiger partial charge in [0.1, 0.15) is 17.1 Å². The highest BCUT2D eigenvalue weighted by Crippen LogP contribution is 2.29. The van der Waals surface area contributed by atoms with Crippen LogP contribution in [0.5, 0.6) is 11.6 Å². The maximum Gasteiger partial charge on any atom is 0.242 e. The van der Waals surface area contributed by atoms with Crippen LogP contribution in [0.25, 0.3) is 5.65 Å². The van der Waals surface area contributed by atoms with Crippen LogP contribution in [-0.2, 0) is 6.54 Å². The Kier molecular flexibility index (Phi) is 3.62. The Morgan fingerprint density at radius 3 is 2.81 bits per heavy atom. The second kappa shape index (κ2) is 5.58. The molecule has 4 heteroatoms. The predicted octanol–water partition coefficient (Wildman–Crippen LogP) is 3.46. The molecule has 108 valence electrons. The van der Waals surface area contributed by atoms with Gasteiger partial charge >= 0.3 is 0 Å². The number of fused-ring (bicyclic) bond motifs is 1. The van der Waals surface area contributed by atoms with Gasteiger partial charge in [-0.1, -0.05) is 18.2 Å². The largest absolute Gasteiger partial charge is 0.437 e.